The van der Waals surface area contributed by atoms with Crippen molar-refractivity contribution in [3.05, 3.63) is 59.7 Å². The quantitative estimate of drug-likeness (QED) is 0.417. The summed E-state index contributed by atoms with van der Waals surface area (Å²) in [5, 5.41) is 9.88. The lowest BCUT2D eigenvalue weighted by Crippen LogP contribution is -2.60. The van der Waals surface area contributed by atoms with E-state index in [-0.39, 0.29) is 17.5 Å². The summed E-state index contributed by atoms with van der Waals surface area (Å²) >= 11 is 0. The van der Waals surface area contributed by atoms with Crippen LogP contribution in [-0.4, -0.2) is 45.2 Å². The van der Waals surface area contributed by atoms with Crippen molar-refractivity contribution in [2.24, 2.45) is 5.41 Å². The number of alkyl halides is 4. The van der Waals surface area contributed by atoms with E-state index in [9.17, 15) is 36.6 Å². The first-order valence-corrected chi connectivity index (χ1v) is 9.98. The lowest BCUT2D eigenvalue weighted by molar-refractivity contribution is -0.253. The molecule has 1 aliphatic heterocycles. The molecule has 0 saturated carbocycles. The average molecular weight is 488 g/mol. The van der Waals surface area contributed by atoms with Crippen LogP contribution >= 0.6 is 0 Å². The van der Waals surface area contributed by atoms with Crippen LogP contribution in [0.1, 0.15) is 38.0 Å². The van der Waals surface area contributed by atoms with Crippen molar-refractivity contribution in [1.82, 2.24) is 9.88 Å². The van der Waals surface area contributed by atoms with Crippen LogP contribution in [0.15, 0.2) is 42.6 Å². The van der Waals surface area contributed by atoms with Crippen LogP contribution in [0.5, 0.6) is 5.75 Å². The molecule has 2 atom stereocenters. The van der Waals surface area contributed by atoms with Crippen molar-refractivity contribution in [3.8, 4) is 5.75 Å². The number of ether oxygens (including phenoxy) is 2. The van der Waals surface area contributed by atoms with E-state index in [0.29, 0.717) is 4.90 Å². The number of imide groups is 1. The molecule has 2 unspecified atom stereocenters. The van der Waals surface area contributed by atoms with Crippen molar-refractivity contribution < 1.29 is 46.1 Å². The molecule has 1 aromatic heterocycles. The van der Waals surface area contributed by atoms with Crippen LogP contribution in [0, 0.1) is 11.4 Å². The largest absolute Gasteiger partial charge is 0.465 e. The second kappa shape index (κ2) is 8.73. The predicted molar refractivity (Wildman–Crippen MR) is 107 cm³/mol. The molecule has 184 valence electrons. The SMILES string of the molecule is CC(C)(C)C1(Cc2cccc(OC(F)(F)C(F)F)c2)C(c2ccnc(F)c2)OC(=O)N1C(=O)O. The molecule has 2 aromatic rings. The van der Waals surface area contributed by atoms with E-state index in [1.54, 1.807) is 20.8 Å². The number of carbonyl (C=O) groups excluding carboxylic acids is 1. The van der Waals surface area contributed by atoms with Crippen molar-refractivity contribution in [2.45, 2.75) is 51.4 Å². The standard InChI is InChI=1S/C22H21F5N2O5/c1-20(2,3)21(11-12-5-4-6-14(9-12)34-22(26,27)17(24)25)16(13-7-8-28-15(23)10-13)33-19(32)29(21)18(30)31/h4-10,16-17H,11H2,1-3H3,(H,30,31). The Bertz CT molecular complexity index is 1090. The van der Waals surface area contributed by atoms with E-state index >= 15 is 0 Å². The molecule has 0 aliphatic carbocycles. The fraction of sp³-hybridized carbons (Fsp3) is 0.409. The van der Waals surface area contributed by atoms with Crippen molar-refractivity contribution in [1.29, 1.82) is 0 Å². The zero-order valence-electron chi connectivity index (χ0n) is 18.3. The lowest BCUT2D eigenvalue weighted by Gasteiger charge is -2.47. The number of amides is 2. The number of benzene rings is 1. The number of carboxylic acid groups (broad SMARTS) is 1. The molecule has 1 N–H and O–H groups in total. The lowest BCUT2D eigenvalue weighted by atomic mass is 9.65. The monoisotopic (exact) mass is 488 g/mol. The van der Waals surface area contributed by atoms with Gasteiger partial charge in [-0.25, -0.2) is 19.5 Å². The Labute approximate surface area is 191 Å². The normalized spacial score (nSPS) is 21.0. The van der Waals surface area contributed by atoms with Gasteiger partial charge in [-0.05, 0) is 29.2 Å². The summed E-state index contributed by atoms with van der Waals surface area (Å²) in [6.07, 6.45) is -12.2. The average Bonchev–Trinajstić information content (AvgIpc) is 3.01. The highest BCUT2D eigenvalue weighted by Gasteiger charge is 2.64. The van der Waals surface area contributed by atoms with Crippen LogP contribution in [0.3, 0.4) is 0 Å². The second-order valence-corrected chi connectivity index (χ2v) is 8.76. The first kappa shape index (κ1) is 25.2. The summed E-state index contributed by atoms with van der Waals surface area (Å²) in [5.41, 5.74) is -2.45. The molecule has 34 heavy (non-hydrogen) atoms. The van der Waals surface area contributed by atoms with Crippen molar-refractivity contribution in [3.63, 3.8) is 0 Å². The van der Waals surface area contributed by atoms with Gasteiger partial charge >= 0.3 is 24.7 Å². The number of hydrogen-bond acceptors (Lipinski definition) is 5. The highest BCUT2D eigenvalue weighted by molar-refractivity contribution is 5.90. The number of halogens is 5. The van der Waals surface area contributed by atoms with Gasteiger partial charge in [-0.2, -0.15) is 22.0 Å². The van der Waals surface area contributed by atoms with Gasteiger partial charge in [-0.3, -0.25) is 0 Å². The maximum absolute atomic E-state index is 13.9. The van der Waals surface area contributed by atoms with Crippen molar-refractivity contribution in [2.75, 3.05) is 0 Å². The van der Waals surface area contributed by atoms with E-state index < -0.39 is 53.5 Å². The Morgan fingerprint density at radius 3 is 2.50 bits per heavy atom. The molecule has 1 aliphatic rings. The molecule has 0 radical (unpaired) electrons. The minimum atomic E-state index is -4.75. The van der Waals surface area contributed by atoms with Crippen LogP contribution in [0.4, 0.5) is 31.5 Å². The predicted octanol–water partition coefficient (Wildman–Crippen LogP) is 5.66. The maximum Gasteiger partial charge on any atom is 0.461 e. The fourth-order valence-corrected chi connectivity index (χ4v) is 4.10. The highest BCUT2D eigenvalue weighted by Crippen LogP contribution is 2.53. The molecule has 2 amide bonds. The van der Waals surface area contributed by atoms with Gasteiger partial charge < -0.3 is 14.6 Å². The second-order valence-electron chi connectivity index (χ2n) is 8.76. The van der Waals surface area contributed by atoms with Gasteiger partial charge in [-0.15, -0.1) is 0 Å². The molecule has 0 spiro atoms. The van der Waals surface area contributed by atoms with Crippen LogP contribution in [0.25, 0.3) is 0 Å². The Morgan fingerprint density at radius 2 is 1.94 bits per heavy atom. The Balaban J connectivity index is 2.15. The summed E-state index contributed by atoms with van der Waals surface area (Å²) in [5.74, 6) is -1.49. The van der Waals surface area contributed by atoms with Gasteiger partial charge in [0.1, 0.15) is 11.3 Å². The molecule has 0 bridgehead atoms. The summed E-state index contributed by atoms with van der Waals surface area (Å²) in [6.45, 7) is 4.88. The third-order valence-corrected chi connectivity index (χ3v) is 5.66. The van der Waals surface area contributed by atoms with Gasteiger partial charge in [0.25, 0.3) is 0 Å². The van der Waals surface area contributed by atoms with Crippen LogP contribution in [-0.2, 0) is 11.2 Å². The first-order chi connectivity index (χ1) is 15.7. The van der Waals surface area contributed by atoms with Gasteiger partial charge in [-0.1, -0.05) is 32.9 Å². The summed E-state index contributed by atoms with van der Waals surface area (Å²) < 4.78 is 75.4. The number of nitrogens with zero attached hydrogens (tertiary/aromatic N) is 2. The fourth-order valence-electron chi connectivity index (χ4n) is 4.10. The van der Waals surface area contributed by atoms with Gasteiger partial charge in [0.05, 0.1) is 0 Å². The third kappa shape index (κ3) is 4.48. The Morgan fingerprint density at radius 1 is 1.26 bits per heavy atom. The number of carbonyl (C=O) groups is 2. The maximum atomic E-state index is 13.9. The number of pyridine rings is 1. The van der Waals surface area contributed by atoms with E-state index in [0.717, 1.165) is 24.4 Å². The molecular weight excluding hydrogens is 467 g/mol. The molecule has 1 saturated heterocycles. The highest BCUT2D eigenvalue weighted by atomic mass is 19.3. The zero-order valence-corrected chi connectivity index (χ0v) is 18.3. The van der Waals surface area contributed by atoms with Crippen molar-refractivity contribution >= 4 is 12.2 Å². The van der Waals surface area contributed by atoms with Gasteiger partial charge in [0.2, 0.25) is 5.95 Å². The first-order valence-electron chi connectivity index (χ1n) is 9.98. The van der Waals surface area contributed by atoms with Crippen LogP contribution < -0.4 is 4.74 Å². The molecule has 1 aromatic carbocycles. The molecule has 2 heterocycles. The Hall–Kier alpha value is -3.44. The number of cyclic esters (lactones) is 1. The van der Waals surface area contributed by atoms with E-state index in [1.165, 1.54) is 18.2 Å². The molecule has 3 rings (SSSR count). The Kier molecular flexibility index (Phi) is 6.47. The van der Waals surface area contributed by atoms with Crippen LogP contribution in [0.2, 0.25) is 0 Å². The molecule has 7 nitrogen and oxygen atoms in total. The number of hydrogen-bond donors (Lipinski definition) is 1. The minimum absolute atomic E-state index is 0.121. The zero-order chi connectivity index (χ0) is 25.5. The summed E-state index contributed by atoms with van der Waals surface area (Å²) in [6, 6.07) is 7.10. The molecular formula is C22H21F5N2O5. The van der Waals surface area contributed by atoms with Gasteiger partial charge in [0, 0.05) is 24.2 Å². The topological polar surface area (TPSA) is 89.0 Å². The summed E-state index contributed by atoms with van der Waals surface area (Å²) in [4.78, 5) is 28.8. The summed E-state index contributed by atoms with van der Waals surface area (Å²) in [7, 11) is 0. The third-order valence-electron chi connectivity index (χ3n) is 5.66. The van der Waals surface area contributed by atoms with E-state index in [1.807, 2.05) is 0 Å². The molecule has 1 fully saturated rings. The minimum Gasteiger partial charge on any atom is -0.465 e. The number of aromatic nitrogens is 1. The van der Waals surface area contributed by atoms with E-state index in [2.05, 4.69) is 9.72 Å². The van der Waals surface area contributed by atoms with E-state index in [4.69, 9.17) is 4.74 Å². The molecule has 12 heteroatoms. The van der Waals surface area contributed by atoms with Gasteiger partial charge in [0.15, 0.2) is 6.10 Å². The smallest absolute Gasteiger partial charge is 0.461 e. The number of rotatable bonds is 6.